The zero-order valence-electron chi connectivity index (χ0n) is 19.8. The largest absolute Gasteiger partial charge is 0.479 e. The number of methoxy groups -OCH3 is 1. The van der Waals surface area contributed by atoms with Gasteiger partial charge >= 0.3 is 0 Å². The zero-order valence-corrected chi connectivity index (χ0v) is 19.8. The highest BCUT2D eigenvalue weighted by molar-refractivity contribution is 5.90. The Morgan fingerprint density at radius 2 is 1.97 bits per heavy atom. The molecule has 0 aliphatic carbocycles. The van der Waals surface area contributed by atoms with Gasteiger partial charge in [-0.1, -0.05) is 0 Å². The number of nitrogens with zero attached hydrogens (tertiary/aromatic N) is 6. The van der Waals surface area contributed by atoms with Gasteiger partial charge in [0, 0.05) is 6.54 Å². The molecule has 1 aliphatic rings. The van der Waals surface area contributed by atoms with Crippen LogP contribution in [0.25, 0.3) is 27.7 Å². The number of imidazole rings is 1. The van der Waals surface area contributed by atoms with Crippen molar-refractivity contribution in [2.75, 3.05) is 39.2 Å². The van der Waals surface area contributed by atoms with Crippen molar-refractivity contribution in [3.8, 4) is 17.0 Å². The van der Waals surface area contributed by atoms with E-state index in [2.05, 4.69) is 20.4 Å². The number of hydrogen-bond acceptors (Lipinski definition) is 6. The predicted molar refractivity (Wildman–Crippen MR) is 123 cm³/mol. The molecule has 1 saturated heterocycles. The van der Waals surface area contributed by atoms with E-state index < -0.39 is 36.8 Å². The molecule has 1 atom stereocenters. The summed E-state index contributed by atoms with van der Waals surface area (Å²) in [6.07, 6.45) is 1.20. The Bertz CT molecular complexity index is 1450. The van der Waals surface area contributed by atoms with Gasteiger partial charge in [0.25, 0.3) is 5.92 Å². The summed E-state index contributed by atoms with van der Waals surface area (Å²) in [6, 6.07) is 1.42. The van der Waals surface area contributed by atoms with Crippen LogP contribution in [0.5, 0.6) is 5.88 Å². The van der Waals surface area contributed by atoms with E-state index >= 15 is 4.39 Å². The van der Waals surface area contributed by atoms with Gasteiger partial charge in [-0.3, -0.25) is 0 Å². The Hall–Kier alpha value is -3.48. The predicted octanol–water partition coefficient (Wildman–Crippen LogP) is 4.06. The SMILES string of the molecule is COc1nc(N[C@@H]2CCN(C)CC2(F)F)nn2cc(F)c(-c3cc(F)c4nc(C)n(CCF)c4c3)c12. The first-order valence-electron chi connectivity index (χ1n) is 11.3. The summed E-state index contributed by atoms with van der Waals surface area (Å²) in [5.41, 5.74) is 0.533. The maximum atomic E-state index is 15.3. The van der Waals surface area contributed by atoms with Gasteiger partial charge in [-0.05, 0) is 38.1 Å². The molecule has 1 fully saturated rings. The van der Waals surface area contributed by atoms with Crippen molar-refractivity contribution in [1.29, 1.82) is 0 Å². The van der Waals surface area contributed by atoms with Crippen molar-refractivity contribution in [3.63, 3.8) is 0 Å². The third-order valence-electron chi connectivity index (χ3n) is 6.43. The Morgan fingerprint density at radius 1 is 1.19 bits per heavy atom. The number of ether oxygens (including phenoxy) is 1. The number of nitrogens with one attached hydrogen (secondary N) is 1. The number of anilines is 1. The van der Waals surface area contributed by atoms with Crippen molar-refractivity contribution in [3.05, 3.63) is 35.8 Å². The van der Waals surface area contributed by atoms with Crippen LogP contribution in [0.15, 0.2) is 18.3 Å². The van der Waals surface area contributed by atoms with E-state index in [-0.39, 0.29) is 47.0 Å². The average molecular weight is 509 g/mol. The molecule has 4 aromatic rings. The van der Waals surface area contributed by atoms with Crippen molar-refractivity contribution >= 4 is 22.5 Å². The number of benzene rings is 1. The summed E-state index contributed by atoms with van der Waals surface area (Å²) in [5.74, 6) is -4.31. The van der Waals surface area contributed by atoms with Crippen LogP contribution in [0.4, 0.5) is 27.9 Å². The monoisotopic (exact) mass is 509 g/mol. The maximum Gasteiger partial charge on any atom is 0.280 e. The minimum Gasteiger partial charge on any atom is -0.479 e. The molecule has 13 heteroatoms. The number of alkyl halides is 3. The van der Waals surface area contributed by atoms with Gasteiger partial charge in [0.15, 0.2) is 11.6 Å². The van der Waals surface area contributed by atoms with Crippen LogP contribution in [-0.2, 0) is 6.54 Å². The van der Waals surface area contributed by atoms with Gasteiger partial charge in [0.2, 0.25) is 11.8 Å². The van der Waals surface area contributed by atoms with Crippen LogP contribution in [-0.4, -0.2) is 74.9 Å². The van der Waals surface area contributed by atoms with Gasteiger partial charge in [0.1, 0.15) is 23.5 Å². The number of rotatable bonds is 6. The summed E-state index contributed by atoms with van der Waals surface area (Å²) in [6.45, 7) is 0.950. The topological polar surface area (TPSA) is 72.5 Å². The molecule has 0 radical (unpaired) electrons. The summed E-state index contributed by atoms with van der Waals surface area (Å²) < 4.78 is 80.3. The molecule has 8 nitrogen and oxygen atoms in total. The molecule has 192 valence electrons. The number of likely N-dealkylation sites (tertiary alicyclic amines) is 1. The lowest BCUT2D eigenvalue weighted by molar-refractivity contribution is -0.0675. The van der Waals surface area contributed by atoms with Crippen LogP contribution in [0.2, 0.25) is 0 Å². The third kappa shape index (κ3) is 4.00. The first-order valence-corrected chi connectivity index (χ1v) is 11.3. The minimum absolute atomic E-state index is 0.0345. The quantitative estimate of drug-likeness (QED) is 0.396. The average Bonchev–Trinajstić information content (AvgIpc) is 3.31. The summed E-state index contributed by atoms with van der Waals surface area (Å²) >= 11 is 0. The first-order chi connectivity index (χ1) is 17.1. The Balaban J connectivity index is 1.61. The summed E-state index contributed by atoms with van der Waals surface area (Å²) in [4.78, 5) is 9.88. The lowest BCUT2D eigenvalue weighted by Gasteiger charge is -2.36. The lowest BCUT2D eigenvalue weighted by atomic mass is 10.0. The fourth-order valence-electron chi connectivity index (χ4n) is 4.75. The van der Waals surface area contributed by atoms with E-state index in [1.807, 2.05) is 0 Å². The molecule has 1 aromatic carbocycles. The Labute approximate surface area is 202 Å². The molecule has 1 aliphatic heterocycles. The van der Waals surface area contributed by atoms with E-state index in [1.54, 1.807) is 14.0 Å². The van der Waals surface area contributed by atoms with Crippen molar-refractivity contribution < 1.29 is 26.7 Å². The van der Waals surface area contributed by atoms with E-state index in [9.17, 15) is 17.6 Å². The smallest absolute Gasteiger partial charge is 0.280 e. The van der Waals surface area contributed by atoms with Gasteiger partial charge < -0.3 is 19.5 Å². The number of aromatic nitrogens is 5. The van der Waals surface area contributed by atoms with Crippen molar-refractivity contribution in [1.82, 2.24) is 29.0 Å². The number of fused-ring (bicyclic) bond motifs is 2. The molecule has 36 heavy (non-hydrogen) atoms. The second kappa shape index (κ2) is 8.87. The standard InChI is InChI=1S/C23H24F5N7O/c1-12-29-19-14(25)8-13(9-16(19)34(12)7-5-24)18-15(26)10-35-20(18)21(36-3)31-22(32-35)30-17-4-6-33(2)11-23(17,27)28/h8-10,17H,4-7,11H2,1-3H3,(H,30,32)/t17-/m1/s1. The van der Waals surface area contributed by atoms with Gasteiger partial charge in [-0.15, -0.1) is 5.10 Å². The summed E-state index contributed by atoms with van der Waals surface area (Å²) in [5, 5.41) is 6.83. The number of halogens is 5. The highest BCUT2D eigenvalue weighted by Crippen LogP contribution is 2.37. The van der Waals surface area contributed by atoms with Crippen LogP contribution in [0, 0.1) is 18.6 Å². The lowest BCUT2D eigenvalue weighted by Crippen LogP contribution is -2.53. The molecule has 5 rings (SSSR count). The molecular formula is C23H24F5N7O. The Morgan fingerprint density at radius 3 is 2.67 bits per heavy atom. The van der Waals surface area contributed by atoms with E-state index in [4.69, 9.17) is 4.74 Å². The van der Waals surface area contributed by atoms with Crippen LogP contribution in [0.3, 0.4) is 0 Å². The highest BCUT2D eigenvalue weighted by atomic mass is 19.3. The number of aryl methyl sites for hydroxylation is 2. The molecular weight excluding hydrogens is 485 g/mol. The molecule has 0 amide bonds. The van der Waals surface area contributed by atoms with E-state index in [1.165, 1.54) is 22.6 Å². The minimum atomic E-state index is -3.03. The molecule has 3 aromatic heterocycles. The fourth-order valence-corrected chi connectivity index (χ4v) is 4.75. The van der Waals surface area contributed by atoms with Crippen LogP contribution >= 0.6 is 0 Å². The van der Waals surface area contributed by atoms with E-state index in [0.717, 1.165) is 16.8 Å². The molecule has 4 heterocycles. The third-order valence-corrected chi connectivity index (χ3v) is 6.43. The first kappa shape index (κ1) is 24.2. The molecule has 0 bridgehead atoms. The second-order valence-corrected chi connectivity index (χ2v) is 8.90. The number of hydrogen-bond donors (Lipinski definition) is 1. The molecule has 0 spiro atoms. The molecule has 0 unspecified atom stereocenters. The van der Waals surface area contributed by atoms with Crippen molar-refractivity contribution in [2.45, 2.75) is 31.9 Å². The normalized spacial score (nSPS) is 18.3. The fraction of sp³-hybridized carbons (Fsp3) is 0.435. The Kier molecular flexibility index (Phi) is 5.97. The van der Waals surface area contributed by atoms with Crippen molar-refractivity contribution in [2.24, 2.45) is 0 Å². The zero-order chi connectivity index (χ0) is 25.8. The molecule has 0 saturated carbocycles. The molecule has 1 N–H and O–H groups in total. The maximum absolute atomic E-state index is 15.3. The second-order valence-electron chi connectivity index (χ2n) is 8.90. The van der Waals surface area contributed by atoms with Gasteiger partial charge in [0.05, 0.1) is 43.5 Å². The highest BCUT2D eigenvalue weighted by Gasteiger charge is 2.44. The van der Waals surface area contributed by atoms with E-state index in [0.29, 0.717) is 17.9 Å². The van der Waals surface area contributed by atoms with Gasteiger partial charge in [-0.2, -0.15) is 4.98 Å². The number of piperidine rings is 1. The van der Waals surface area contributed by atoms with Crippen LogP contribution < -0.4 is 10.1 Å². The van der Waals surface area contributed by atoms with Crippen LogP contribution in [0.1, 0.15) is 12.2 Å². The summed E-state index contributed by atoms with van der Waals surface area (Å²) in [7, 11) is 2.92. The van der Waals surface area contributed by atoms with Gasteiger partial charge in [-0.25, -0.2) is 31.5 Å².